The number of nitrogens with zero attached hydrogens (tertiary/aromatic N) is 3. The Bertz CT molecular complexity index is 697. The molecule has 0 spiro atoms. The van der Waals surface area contributed by atoms with E-state index in [4.69, 9.17) is 0 Å². The van der Waals surface area contributed by atoms with Crippen LogP contribution in [-0.2, 0) is 0 Å². The van der Waals surface area contributed by atoms with E-state index in [1.54, 1.807) is 0 Å². The highest BCUT2D eigenvalue weighted by molar-refractivity contribution is 5.55. The molecule has 3 rings (SSSR count). The number of aromatic nitrogens is 2. The van der Waals surface area contributed by atoms with E-state index in [-0.39, 0.29) is 0 Å². The zero-order chi connectivity index (χ0) is 16.4. The van der Waals surface area contributed by atoms with Crippen molar-refractivity contribution in [2.24, 2.45) is 5.92 Å². The first kappa shape index (κ1) is 15.6. The fourth-order valence-corrected chi connectivity index (χ4v) is 2.71. The number of hydrogen-bond acceptors (Lipinski definition) is 4. The van der Waals surface area contributed by atoms with E-state index in [1.807, 2.05) is 13.0 Å². The van der Waals surface area contributed by atoms with Crippen LogP contribution in [0.4, 0.5) is 26.2 Å². The van der Waals surface area contributed by atoms with Gasteiger partial charge in [0.15, 0.2) is 11.6 Å². The Kier molecular flexibility index (Phi) is 4.41. The Morgan fingerprint density at radius 1 is 1.09 bits per heavy atom. The molecular formula is C17H20F2N4. The van der Waals surface area contributed by atoms with Crippen LogP contribution >= 0.6 is 0 Å². The van der Waals surface area contributed by atoms with Crippen LogP contribution in [-0.4, -0.2) is 23.1 Å². The average Bonchev–Trinajstić information content (AvgIpc) is 2.51. The normalized spacial score (nSPS) is 15.7. The average molecular weight is 318 g/mol. The predicted octanol–water partition coefficient (Wildman–Crippen LogP) is 4.04. The number of nitrogens with one attached hydrogen (secondary N) is 1. The molecule has 1 fully saturated rings. The third-order valence-corrected chi connectivity index (χ3v) is 4.12. The number of benzene rings is 1. The van der Waals surface area contributed by atoms with Gasteiger partial charge in [0.1, 0.15) is 5.82 Å². The lowest BCUT2D eigenvalue weighted by Crippen LogP contribution is -2.33. The van der Waals surface area contributed by atoms with E-state index in [2.05, 4.69) is 27.1 Å². The fraction of sp³-hybridized carbons (Fsp3) is 0.412. The molecule has 0 aliphatic carbocycles. The van der Waals surface area contributed by atoms with Gasteiger partial charge in [-0.2, -0.15) is 4.98 Å². The second kappa shape index (κ2) is 6.48. The summed E-state index contributed by atoms with van der Waals surface area (Å²) < 4.78 is 26.3. The molecule has 0 bridgehead atoms. The third kappa shape index (κ3) is 3.75. The largest absolute Gasteiger partial charge is 0.356 e. The zero-order valence-corrected chi connectivity index (χ0v) is 13.3. The van der Waals surface area contributed by atoms with Gasteiger partial charge in [-0.25, -0.2) is 13.8 Å². The summed E-state index contributed by atoms with van der Waals surface area (Å²) >= 11 is 0. The van der Waals surface area contributed by atoms with Gasteiger partial charge in [0.25, 0.3) is 0 Å². The molecule has 1 saturated heterocycles. The quantitative estimate of drug-likeness (QED) is 0.927. The molecule has 0 atom stereocenters. The summed E-state index contributed by atoms with van der Waals surface area (Å²) in [7, 11) is 0. The minimum atomic E-state index is -0.895. The molecule has 2 aromatic rings. The van der Waals surface area contributed by atoms with E-state index in [1.165, 1.54) is 6.07 Å². The minimum absolute atomic E-state index is 0.393. The van der Waals surface area contributed by atoms with Gasteiger partial charge in [0, 0.05) is 36.6 Å². The second-order valence-corrected chi connectivity index (χ2v) is 6.11. The van der Waals surface area contributed by atoms with Crippen LogP contribution < -0.4 is 10.2 Å². The molecule has 2 heterocycles. The van der Waals surface area contributed by atoms with E-state index < -0.39 is 11.6 Å². The summed E-state index contributed by atoms with van der Waals surface area (Å²) in [6.45, 7) is 6.11. The monoisotopic (exact) mass is 318 g/mol. The van der Waals surface area contributed by atoms with E-state index in [9.17, 15) is 8.78 Å². The summed E-state index contributed by atoms with van der Waals surface area (Å²) in [6.07, 6.45) is 2.30. The van der Waals surface area contributed by atoms with Crippen LogP contribution in [0, 0.1) is 24.5 Å². The standard InChI is InChI=1S/C17H20F2N4/c1-11-5-7-23(8-6-11)16-9-12(2)20-17(22-16)21-13-3-4-14(18)15(19)10-13/h3-4,9-11H,5-8H2,1-2H3,(H,20,21,22). The van der Waals surface area contributed by atoms with Gasteiger partial charge in [-0.3, -0.25) is 0 Å². The maximum absolute atomic E-state index is 13.3. The highest BCUT2D eigenvalue weighted by Gasteiger charge is 2.18. The van der Waals surface area contributed by atoms with Crippen molar-refractivity contribution in [3.05, 3.63) is 41.6 Å². The lowest BCUT2D eigenvalue weighted by atomic mass is 9.99. The maximum Gasteiger partial charge on any atom is 0.229 e. The first-order valence-electron chi connectivity index (χ1n) is 7.84. The number of halogens is 2. The molecule has 1 aliphatic rings. The number of anilines is 3. The summed E-state index contributed by atoms with van der Waals surface area (Å²) in [6, 6.07) is 5.60. The summed E-state index contributed by atoms with van der Waals surface area (Å²) in [5, 5.41) is 2.95. The van der Waals surface area contributed by atoms with Crippen molar-refractivity contribution in [3.8, 4) is 0 Å². The molecule has 4 nitrogen and oxygen atoms in total. The molecule has 1 aromatic carbocycles. The first-order chi connectivity index (χ1) is 11.0. The van der Waals surface area contributed by atoms with Crippen LogP contribution in [0.1, 0.15) is 25.5 Å². The van der Waals surface area contributed by atoms with Gasteiger partial charge in [0.05, 0.1) is 0 Å². The van der Waals surface area contributed by atoms with Gasteiger partial charge in [-0.1, -0.05) is 6.92 Å². The molecule has 122 valence electrons. The number of rotatable bonds is 3. The highest BCUT2D eigenvalue weighted by Crippen LogP contribution is 2.24. The van der Waals surface area contributed by atoms with E-state index in [0.29, 0.717) is 11.6 Å². The Morgan fingerprint density at radius 2 is 1.83 bits per heavy atom. The number of hydrogen-bond donors (Lipinski definition) is 1. The molecule has 6 heteroatoms. The summed E-state index contributed by atoms with van der Waals surface area (Å²) in [5.41, 5.74) is 1.26. The summed E-state index contributed by atoms with van der Waals surface area (Å²) in [4.78, 5) is 11.1. The molecule has 23 heavy (non-hydrogen) atoms. The van der Waals surface area contributed by atoms with Gasteiger partial charge >= 0.3 is 0 Å². The first-order valence-corrected chi connectivity index (χ1v) is 7.84. The van der Waals surface area contributed by atoms with Crippen molar-refractivity contribution in [2.45, 2.75) is 26.7 Å². The topological polar surface area (TPSA) is 41.1 Å². The Balaban J connectivity index is 1.81. The number of piperidine rings is 1. The minimum Gasteiger partial charge on any atom is -0.356 e. The Hall–Kier alpha value is -2.24. The molecule has 0 unspecified atom stereocenters. The predicted molar refractivity (Wildman–Crippen MR) is 87.0 cm³/mol. The molecular weight excluding hydrogens is 298 g/mol. The van der Waals surface area contributed by atoms with E-state index >= 15 is 0 Å². The van der Waals surface area contributed by atoms with Crippen molar-refractivity contribution >= 4 is 17.5 Å². The van der Waals surface area contributed by atoms with Crippen molar-refractivity contribution in [1.29, 1.82) is 0 Å². The van der Waals surface area contributed by atoms with Crippen LogP contribution in [0.25, 0.3) is 0 Å². The van der Waals surface area contributed by atoms with Crippen molar-refractivity contribution in [1.82, 2.24) is 9.97 Å². The van der Waals surface area contributed by atoms with Gasteiger partial charge in [0.2, 0.25) is 5.95 Å². The molecule has 1 aromatic heterocycles. The molecule has 1 aliphatic heterocycles. The second-order valence-electron chi connectivity index (χ2n) is 6.11. The lowest BCUT2D eigenvalue weighted by Gasteiger charge is -2.31. The molecule has 1 N–H and O–H groups in total. The van der Waals surface area contributed by atoms with Crippen LogP contribution in [0.3, 0.4) is 0 Å². The van der Waals surface area contributed by atoms with Gasteiger partial charge in [-0.15, -0.1) is 0 Å². The Labute approximate surface area is 134 Å². The number of aryl methyl sites for hydroxylation is 1. The summed E-state index contributed by atoms with van der Waals surface area (Å²) in [5.74, 6) is 0.241. The van der Waals surface area contributed by atoms with Crippen LogP contribution in [0.5, 0.6) is 0 Å². The van der Waals surface area contributed by atoms with Gasteiger partial charge in [-0.05, 0) is 37.8 Å². The SMILES string of the molecule is Cc1cc(N2CCC(C)CC2)nc(Nc2ccc(F)c(F)c2)n1. The lowest BCUT2D eigenvalue weighted by molar-refractivity contribution is 0.436. The van der Waals surface area contributed by atoms with Gasteiger partial charge < -0.3 is 10.2 Å². The molecule has 0 radical (unpaired) electrons. The Morgan fingerprint density at radius 3 is 2.52 bits per heavy atom. The van der Waals surface area contributed by atoms with Crippen LogP contribution in [0.15, 0.2) is 24.3 Å². The van der Waals surface area contributed by atoms with Crippen molar-refractivity contribution in [2.75, 3.05) is 23.3 Å². The zero-order valence-electron chi connectivity index (χ0n) is 13.3. The molecule has 0 saturated carbocycles. The molecule has 0 amide bonds. The highest BCUT2D eigenvalue weighted by atomic mass is 19.2. The van der Waals surface area contributed by atoms with Crippen LogP contribution in [0.2, 0.25) is 0 Å². The fourth-order valence-electron chi connectivity index (χ4n) is 2.71. The maximum atomic E-state index is 13.3. The van der Waals surface area contributed by atoms with Crippen molar-refractivity contribution < 1.29 is 8.78 Å². The third-order valence-electron chi connectivity index (χ3n) is 4.12. The van der Waals surface area contributed by atoms with E-state index in [0.717, 1.165) is 55.5 Å². The van der Waals surface area contributed by atoms with Crippen molar-refractivity contribution in [3.63, 3.8) is 0 Å². The smallest absolute Gasteiger partial charge is 0.229 e.